The second-order valence-corrected chi connectivity index (χ2v) is 5.87. The molecule has 8 heteroatoms. The maximum absolute atomic E-state index is 11.7. The Morgan fingerprint density at radius 3 is 2.85 bits per heavy atom. The summed E-state index contributed by atoms with van der Waals surface area (Å²) in [5, 5.41) is 9.25. The van der Waals surface area contributed by atoms with Gasteiger partial charge in [0.1, 0.15) is 0 Å². The molecule has 7 nitrogen and oxygen atoms in total. The monoisotopic (exact) mass is 484 g/mol. The van der Waals surface area contributed by atoms with Crippen LogP contribution in [0.25, 0.3) is 0 Å². The first-order chi connectivity index (χ1) is 12.7. The molecule has 0 aliphatic carbocycles. The van der Waals surface area contributed by atoms with E-state index in [2.05, 4.69) is 37.4 Å². The van der Waals surface area contributed by atoms with Crippen molar-refractivity contribution in [1.82, 2.24) is 25.5 Å². The van der Waals surface area contributed by atoms with E-state index in [1.54, 1.807) is 13.2 Å². The third-order valence-corrected chi connectivity index (χ3v) is 3.87. The summed E-state index contributed by atoms with van der Waals surface area (Å²) in [7, 11) is 1.64. The molecule has 0 fully saturated rings. The molecular weight excluding hydrogens is 455 g/mol. The van der Waals surface area contributed by atoms with Gasteiger partial charge in [-0.3, -0.25) is 9.79 Å². The fourth-order valence-corrected chi connectivity index (χ4v) is 2.54. The highest BCUT2D eigenvalue weighted by molar-refractivity contribution is 14.0. The Kier molecular flexibility index (Phi) is 11.2. The number of amides is 1. The zero-order chi connectivity index (χ0) is 18.6. The molecule has 0 unspecified atom stereocenters. The highest BCUT2D eigenvalue weighted by atomic mass is 127. The highest BCUT2D eigenvalue weighted by Gasteiger charge is 2.04. The van der Waals surface area contributed by atoms with Gasteiger partial charge in [-0.05, 0) is 37.5 Å². The highest BCUT2D eigenvalue weighted by Crippen LogP contribution is 2.05. The summed E-state index contributed by atoms with van der Waals surface area (Å²) in [6.45, 7) is 5.29. The molecule has 1 heterocycles. The lowest BCUT2D eigenvalue weighted by Crippen LogP contribution is -2.38. The summed E-state index contributed by atoms with van der Waals surface area (Å²) in [5.41, 5.74) is 1.81. The third-order valence-electron chi connectivity index (χ3n) is 3.87. The van der Waals surface area contributed by atoms with Crippen molar-refractivity contribution in [2.45, 2.75) is 26.3 Å². The number of aliphatic imine (C=N–C) groups is 1. The number of nitrogens with one attached hydrogen (secondary N) is 3. The SMILES string of the molecule is CCNC(=NCCCn1ccnc1)NCCc1cccc(C(=O)NC)c1.I. The number of nitrogens with zero attached hydrogens (tertiary/aromatic N) is 3. The Bertz CT molecular complexity index is 702. The first kappa shape index (κ1) is 22.9. The average molecular weight is 484 g/mol. The van der Waals surface area contributed by atoms with Crippen molar-refractivity contribution in [1.29, 1.82) is 0 Å². The molecule has 3 N–H and O–H groups in total. The summed E-state index contributed by atoms with van der Waals surface area (Å²) < 4.78 is 2.05. The van der Waals surface area contributed by atoms with E-state index in [9.17, 15) is 4.79 Å². The summed E-state index contributed by atoms with van der Waals surface area (Å²) >= 11 is 0. The number of guanidine groups is 1. The van der Waals surface area contributed by atoms with Gasteiger partial charge in [-0.1, -0.05) is 12.1 Å². The van der Waals surface area contributed by atoms with Crippen LogP contribution in [-0.2, 0) is 13.0 Å². The fourth-order valence-electron chi connectivity index (χ4n) is 2.54. The molecule has 0 saturated carbocycles. The first-order valence-corrected chi connectivity index (χ1v) is 9.02. The minimum atomic E-state index is -0.0624. The quantitative estimate of drug-likeness (QED) is 0.220. The van der Waals surface area contributed by atoms with Crippen molar-refractivity contribution in [3.63, 3.8) is 0 Å². The number of hydrogen-bond acceptors (Lipinski definition) is 3. The topological polar surface area (TPSA) is 83.3 Å². The normalized spacial score (nSPS) is 10.8. The molecule has 0 aliphatic rings. The van der Waals surface area contributed by atoms with Gasteiger partial charge in [0.25, 0.3) is 5.91 Å². The number of benzene rings is 1. The Labute approximate surface area is 178 Å². The zero-order valence-electron chi connectivity index (χ0n) is 15.9. The van der Waals surface area contributed by atoms with Gasteiger partial charge >= 0.3 is 0 Å². The Hall–Kier alpha value is -2.10. The van der Waals surface area contributed by atoms with Crippen LogP contribution >= 0.6 is 24.0 Å². The van der Waals surface area contributed by atoms with Crippen LogP contribution in [0.3, 0.4) is 0 Å². The van der Waals surface area contributed by atoms with Crippen molar-refractivity contribution in [2.75, 3.05) is 26.7 Å². The molecule has 0 bridgehead atoms. The molecule has 0 aliphatic heterocycles. The maximum Gasteiger partial charge on any atom is 0.251 e. The molecular formula is C19H29IN6O. The Morgan fingerprint density at radius 2 is 2.15 bits per heavy atom. The van der Waals surface area contributed by atoms with E-state index in [-0.39, 0.29) is 29.9 Å². The second kappa shape index (κ2) is 13.1. The van der Waals surface area contributed by atoms with Crippen LogP contribution in [0.15, 0.2) is 48.0 Å². The van der Waals surface area contributed by atoms with Gasteiger partial charge in [-0.15, -0.1) is 24.0 Å². The molecule has 27 heavy (non-hydrogen) atoms. The van der Waals surface area contributed by atoms with Crippen molar-refractivity contribution in [2.24, 2.45) is 4.99 Å². The van der Waals surface area contributed by atoms with Crippen molar-refractivity contribution >= 4 is 35.8 Å². The lowest BCUT2D eigenvalue weighted by molar-refractivity contribution is 0.0963. The summed E-state index contributed by atoms with van der Waals surface area (Å²) in [5.74, 6) is 0.758. The van der Waals surface area contributed by atoms with Gasteiger partial charge in [-0.25, -0.2) is 4.98 Å². The van der Waals surface area contributed by atoms with E-state index in [1.807, 2.05) is 36.8 Å². The Balaban J connectivity index is 0.00000364. The van der Waals surface area contributed by atoms with Crippen LogP contribution in [0.5, 0.6) is 0 Å². The van der Waals surface area contributed by atoms with Crippen LogP contribution in [0.1, 0.15) is 29.3 Å². The van der Waals surface area contributed by atoms with Gasteiger partial charge in [0.15, 0.2) is 5.96 Å². The standard InChI is InChI=1S/C19H28N6O.HI/c1-3-22-19(23-9-5-12-25-13-11-21-15-25)24-10-8-16-6-4-7-17(14-16)18(26)20-2;/h4,6-7,11,13-15H,3,5,8-10,12H2,1-2H3,(H,20,26)(H2,22,23,24);1H. The first-order valence-electron chi connectivity index (χ1n) is 9.02. The minimum Gasteiger partial charge on any atom is -0.357 e. The summed E-state index contributed by atoms with van der Waals surface area (Å²) in [4.78, 5) is 20.3. The zero-order valence-corrected chi connectivity index (χ0v) is 18.3. The van der Waals surface area contributed by atoms with E-state index in [4.69, 9.17) is 0 Å². The van der Waals surface area contributed by atoms with Crippen LogP contribution < -0.4 is 16.0 Å². The van der Waals surface area contributed by atoms with E-state index in [0.717, 1.165) is 50.5 Å². The molecule has 1 amide bonds. The summed E-state index contributed by atoms with van der Waals surface area (Å²) in [6, 6.07) is 7.69. The average Bonchev–Trinajstić information content (AvgIpc) is 3.18. The molecule has 0 radical (unpaired) electrons. The lowest BCUT2D eigenvalue weighted by atomic mass is 10.1. The van der Waals surface area contributed by atoms with Crippen molar-refractivity contribution in [3.8, 4) is 0 Å². The number of aromatic nitrogens is 2. The van der Waals surface area contributed by atoms with Crippen molar-refractivity contribution < 1.29 is 4.79 Å². The molecule has 148 valence electrons. The lowest BCUT2D eigenvalue weighted by Gasteiger charge is -2.12. The third kappa shape index (κ3) is 8.42. The fraction of sp³-hybridized carbons (Fsp3) is 0.421. The van der Waals surface area contributed by atoms with Gasteiger partial charge in [0, 0.05) is 51.2 Å². The summed E-state index contributed by atoms with van der Waals surface area (Å²) in [6.07, 6.45) is 7.35. The van der Waals surface area contributed by atoms with Crippen molar-refractivity contribution in [3.05, 3.63) is 54.1 Å². The molecule has 1 aromatic heterocycles. The number of rotatable bonds is 9. The molecule has 2 rings (SSSR count). The molecule has 0 saturated heterocycles. The molecule has 0 atom stereocenters. The van der Waals surface area contributed by atoms with Crippen LogP contribution in [0, 0.1) is 0 Å². The van der Waals surface area contributed by atoms with E-state index in [0.29, 0.717) is 5.56 Å². The van der Waals surface area contributed by atoms with Gasteiger partial charge in [0.05, 0.1) is 6.33 Å². The predicted molar refractivity (Wildman–Crippen MR) is 120 cm³/mol. The predicted octanol–water partition coefficient (Wildman–Crippen LogP) is 2.05. The number of carbonyl (C=O) groups excluding carboxylic acids is 1. The smallest absolute Gasteiger partial charge is 0.251 e. The number of hydrogen-bond donors (Lipinski definition) is 3. The van der Waals surface area contributed by atoms with E-state index < -0.39 is 0 Å². The van der Waals surface area contributed by atoms with Crippen LogP contribution in [0.4, 0.5) is 0 Å². The van der Waals surface area contributed by atoms with Gasteiger partial charge in [-0.2, -0.15) is 0 Å². The minimum absolute atomic E-state index is 0. The van der Waals surface area contributed by atoms with E-state index in [1.165, 1.54) is 0 Å². The number of aryl methyl sites for hydroxylation is 1. The van der Waals surface area contributed by atoms with Gasteiger partial charge in [0.2, 0.25) is 0 Å². The maximum atomic E-state index is 11.7. The van der Waals surface area contributed by atoms with Crippen LogP contribution in [0.2, 0.25) is 0 Å². The largest absolute Gasteiger partial charge is 0.357 e. The van der Waals surface area contributed by atoms with Gasteiger partial charge < -0.3 is 20.5 Å². The number of imidazole rings is 1. The number of carbonyl (C=O) groups is 1. The molecule has 1 aromatic carbocycles. The molecule has 0 spiro atoms. The van der Waals surface area contributed by atoms with E-state index >= 15 is 0 Å². The number of halogens is 1. The Morgan fingerprint density at radius 1 is 1.30 bits per heavy atom. The van der Waals surface area contributed by atoms with Crippen LogP contribution in [-0.4, -0.2) is 48.1 Å². The second-order valence-electron chi connectivity index (χ2n) is 5.87. The molecule has 2 aromatic rings.